The van der Waals surface area contributed by atoms with E-state index < -0.39 is 12.0 Å². The fourth-order valence-corrected chi connectivity index (χ4v) is 6.01. The summed E-state index contributed by atoms with van der Waals surface area (Å²) in [7, 11) is 0. The predicted molar refractivity (Wildman–Crippen MR) is 157 cm³/mol. The number of allylic oxidation sites excluding steroid dienone is 1. The lowest BCUT2D eigenvalue weighted by atomic mass is 9.96. The van der Waals surface area contributed by atoms with E-state index in [4.69, 9.17) is 37.1 Å². The third kappa shape index (κ3) is 5.52. The number of nitrogens with zero attached hydrogens (tertiary/aromatic N) is 2. The number of benzene rings is 2. The number of aromatic nitrogens is 1. The first-order chi connectivity index (χ1) is 19.2. The second-order valence-electron chi connectivity index (χ2n) is 9.36. The molecule has 4 aromatic rings. The van der Waals surface area contributed by atoms with Crippen molar-refractivity contribution in [2.75, 3.05) is 6.61 Å². The lowest BCUT2D eigenvalue weighted by molar-refractivity contribution is -0.143. The molecule has 0 aliphatic carbocycles. The summed E-state index contributed by atoms with van der Waals surface area (Å²) in [6.45, 7) is 7.75. The second kappa shape index (κ2) is 11.5. The maximum Gasteiger partial charge on any atom is 0.338 e. The highest BCUT2D eigenvalue weighted by Gasteiger charge is 2.33. The highest BCUT2D eigenvalue weighted by atomic mass is 35.5. The maximum absolute atomic E-state index is 13.8. The van der Waals surface area contributed by atoms with E-state index in [1.807, 2.05) is 31.2 Å². The van der Waals surface area contributed by atoms with Crippen LogP contribution in [0.4, 0.5) is 0 Å². The summed E-state index contributed by atoms with van der Waals surface area (Å²) in [4.78, 5) is 32.2. The zero-order valence-corrected chi connectivity index (χ0v) is 24.6. The van der Waals surface area contributed by atoms with Crippen LogP contribution in [0.1, 0.15) is 45.1 Å². The summed E-state index contributed by atoms with van der Waals surface area (Å²) >= 11 is 13.6. The molecule has 0 saturated carbocycles. The Morgan fingerprint density at radius 2 is 1.90 bits per heavy atom. The third-order valence-electron chi connectivity index (χ3n) is 6.19. The number of carbonyl (C=O) groups excluding carboxylic acids is 1. The van der Waals surface area contributed by atoms with E-state index in [1.165, 1.54) is 15.9 Å². The number of furan rings is 1. The number of fused-ring (bicyclic) bond motifs is 1. The Bertz CT molecular complexity index is 1800. The minimum atomic E-state index is -0.722. The molecule has 1 atom stereocenters. The monoisotopic (exact) mass is 596 g/mol. The van der Waals surface area contributed by atoms with Gasteiger partial charge in [-0.3, -0.25) is 9.36 Å². The van der Waals surface area contributed by atoms with Crippen LogP contribution in [0, 0.1) is 0 Å². The standard InChI is InChI=1S/C30H26Cl2N2O5S/c1-5-37-20-9-6-18(7-10-20)27-26(29(36)38-16(2)3)17(4)33-30-34(27)28(35)25(40-30)15-21-11-13-24(39-21)22-12-8-19(31)14-23(22)32/h6-16,27H,5H2,1-4H3/b25-15+/t27-/m0/s1. The van der Waals surface area contributed by atoms with Gasteiger partial charge in [0.25, 0.3) is 5.56 Å². The van der Waals surface area contributed by atoms with Crippen molar-refractivity contribution in [3.63, 3.8) is 0 Å². The van der Waals surface area contributed by atoms with Crippen LogP contribution in [0.5, 0.6) is 5.75 Å². The van der Waals surface area contributed by atoms with Gasteiger partial charge in [-0.2, -0.15) is 0 Å². The zero-order chi connectivity index (χ0) is 28.6. The molecule has 10 heteroatoms. The summed E-state index contributed by atoms with van der Waals surface area (Å²) in [6.07, 6.45) is 1.33. The van der Waals surface area contributed by atoms with E-state index >= 15 is 0 Å². The molecule has 7 nitrogen and oxygen atoms in total. The minimum absolute atomic E-state index is 0.299. The highest BCUT2D eigenvalue weighted by molar-refractivity contribution is 7.07. The largest absolute Gasteiger partial charge is 0.494 e. The smallest absolute Gasteiger partial charge is 0.338 e. The van der Waals surface area contributed by atoms with Crippen molar-refractivity contribution in [2.45, 2.75) is 39.8 Å². The molecule has 0 amide bonds. The van der Waals surface area contributed by atoms with Gasteiger partial charge in [0, 0.05) is 16.7 Å². The van der Waals surface area contributed by atoms with Crippen molar-refractivity contribution in [1.29, 1.82) is 0 Å². The number of hydrogen-bond acceptors (Lipinski definition) is 7. The molecule has 206 valence electrons. The molecule has 5 rings (SSSR count). The van der Waals surface area contributed by atoms with Crippen LogP contribution in [0.25, 0.3) is 17.4 Å². The van der Waals surface area contributed by atoms with Gasteiger partial charge in [-0.1, -0.05) is 46.7 Å². The Morgan fingerprint density at radius 1 is 1.15 bits per heavy atom. The summed E-state index contributed by atoms with van der Waals surface area (Å²) < 4.78 is 19.1. The normalized spacial score (nSPS) is 15.3. The average Bonchev–Trinajstić information content (AvgIpc) is 3.47. The van der Waals surface area contributed by atoms with Gasteiger partial charge in [-0.05, 0) is 75.7 Å². The van der Waals surface area contributed by atoms with Gasteiger partial charge >= 0.3 is 5.97 Å². The maximum atomic E-state index is 13.8. The Balaban J connectivity index is 1.62. The molecule has 1 aliphatic rings. The highest BCUT2D eigenvalue weighted by Crippen LogP contribution is 2.33. The topological polar surface area (TPSA) is 83.0 Å². The summed E-state index contributed by atoms with van der Waals surface area (Å²) in [6, 6.07) is 15.3. The first-order valence-electron chi connectivity index (χ1n) is 12.7. The first-order valence-corrected chi connectivity index (χ1v) is 14.2. The van der Waals surface area contributed by atoms with Crippen LogP contribution in [-0.2, 0) is 9.53 Å². The summed E-state index contributed by atoms with van der Waals surface area (Å²) in [5, 5.41) is 0.982. The summed E-state index contributed by atoms with van der Waals surface area (Å²) in [5.74, 6) is 1.20. The van der Waals surface area contributed by atoms with E-state index in [2.05, 4.69) is 4.99 Å². The number of ether oxygens (including phenoxy) is 2. The molecule has 40 heavy (non-hydrogen) atoms. The van der Waals surface area contributed by atoms with Crippen LogP contribution in [0.15, 0.2) is 80.1 Å². The first kappa shape index (κ1) is 28.0. The molecule has 1 aliphatic heterocycles. The van der Waals surface area contributed by atoms with E-state index in [9.17, 15) is 9.59 Å². The van der Waals surface area contributed by atoms with Crippen LogP contribution >= 0.6 is 34.5 Å². The fourth-order valence-electron chi connectivity index (χ4n) is 4.48. The number of thiazole rings is 1. The van der Waals surface area contributed by atoms with Gasteiger partial charge in [0.15, 0.2) is 4.80 Å². The average molecular weight is 598 g/mol. The number of rotatable bonds is 7. The Kier molecular flexibility index (Phi) is 8.03. The van der Waals surface area contributed by atoms with Crippen molar-refractivity contribution in [3.8, 4) is 17.1 Å². The van der Waals surface area contributed by atoms with Gasteiger partial charge in [0.1, 0.15) is 17.3 Å². The zero-order valence-electron chi connectivity index (χ0n) is 22.2. The molecule has 0 radical (unpaired) electrons. The van der Waals surface area contributed by atoms with Crippen molar-refractivity contribution < 1.29 is 18.7 Å². The van der Waals surface area contributed by atoms with Crippen LogP contribution in [0.3, 0.4) is 0 Å². The molecular weight excluding hydrogens is 571 g/mol. The van der Waals surface area contributed by atoms with E-state index in [-0.39, 0.29) is 11.7 Å². The molecule has 0 fully saturated rings. The van der Waals surface area contributed by atoms with Crippen molar-refractivity contribution in [2.24, 2.45) is 4.99 Å². The van der Waals surface area contributed by atoms with Crippen LogP contribution < -0.4 is 19.6 Å². The summed E-state index contributed by atoms with van der Waals surface area (Å²) in [5.41, 5.74) is 1.93. The molecule has 0 bridgehead atoms. The number of hydrogen-bond donors (Lipinski definition) is 0. The molecule has 2 aromatic heterocycles. The molecular formula is C30H26Cl2N2O5S. The Hall–Kier alpha value is -3.59. The van der Waals surface area contributed by atoms with E-state index in [0.717, 1.165) is 5.56 Å². The molecule has 0 saturated heterocycles. The number of halogens is 2. The second-order valence-corrected chi connectivity index (χ2v) is 11.2. The van der Waals surface area contributed by atoms with Crippen molar-refractivity contribution >= 4 is 46.6 Å². The van der Waals surface area contributed by atoms with Gasteiger partial charge < -0.3 is 13.9 Å². The molecule has 0 spiro atoms. The van der Waals surface area contributed by atoms with Gasteiger partial charge in [0.05, 0.1) is 39.6 Å². The van der Waals surface area contributed by atoms with Crippen LogP contribution in [-0.4, -0.2) is 23.2 Å². The predicted octanol–water partition coefficient (Wildman–Crippen LogP) is 6.15. The lowest BCUT2D eigenvalue weighted by Gasteiger charge is -2.25. The lowest BCUT2D eigenvalue weighted by Crippen LogP contribution is -2.40. The molecule has 0 unspecified atom stereocenters. The minimum Gasteiger partial charge on any atom is -0.494 e. The molecule has 0 N–H and O–H groups in total. The number of esters is 1. The third-order valence-corrected chi connectivity index (χ3v) is 7.72. The molecule has 3 heterocycles. The van der Waals surface area contributed by atoms with Gasteiger partial charge in [0.2, 0.25) is 0 Å². The van der Waals surface area contributed by atoms with Gasteiger partial charge in [-0.25, -0.2) is 9.79 Å². The van der Waals surface area contributed by atoms with Crippen molar-refractivity contribution in [1.82, 2.24) is 4.57 Å². The van der Waals surface area contributed by atoms with Gasteiger partial charge in [-0.15, -0.1) is 0 Å². The van der Waals surface area contributed by atoms with Crippen LogP contribution in [0.2, 0.25) is 10.0 Å². The Morgan fingerprint density at radius 3 is 2.58 bits per heavy atom. The molecule has 2 aromatic carbocycles. The fraction of sp³-hybridized carbons (Fsp3) is 0.233. The van der Waals surface area contributed by atoms with Crippen molar-refractivity contribution in [3.05, 3.63) is 107 Å². The van der Waals surface area contributed by atoms with E-state index in [0.29, 0.717) is 60.1 Å². The number of carbonyl (C=O) groups is 1. The van der Waals surface area contributed by atoms with E-state index in [1.54, 1.807) is 57.2 Å². The quantitative estimate of drug-likeness (QED) is 0.239. The Labute approximate surface area is 244 Å². The SMILES string of the molecule is CCOc1ccc([C@H]2C(C(=O)OC(C)C)=C(C)N=c3s/c(=C/c4ccc(-c5ccc(Cl)cc5Cl)o4)c(=O)n32)cc1.